The summed E-state index contributed by atoms with van der Waals surface area (Å²) in [5.41, 5.74) is 4.12. The van der Waals surface area contributed by atoms with E-state index in [-0.39, 0.29) is 11.2 Å². The van der Waals surface area contributed by atoms with Crippen LogP contribution in [0.2, 0.25) is 0 Å². The SMILES string of the molecule is CN(C(=O)Nc1cc(Cc2n[nH]c(=O)c3c2CCCC3)ccc1F)c1ccccc1. The van der Waals surface area contributed by atoms with Gasteiger partial charge in [-0.15, -0.1) is 0 Å². The molecule has 0 bridgehead atoms. The first-order chi connectivity index (χ1) is 14.5. The molecule has 1 aliphatic rings. The number of carbonyl (C=O) groups excluding carboxylic acids is 1. The topological polar surface area (TPSA) is 78.1 Å². The van der Waals surface area contributed by atoms with Crippen molar-refractivity contribution in [3.8, 4) is 0 Å². The zero-order valence-corrected chi connectivity index (χ0v) is 16.7. The van der Waals surface area contributed by atoms with Crippen molar-refractivity contribution in [2.24, 2.45) is 0 Å². The van der Waals surface area contributed by atoms with Crippen molar-refractivity contribution < 1.29 is 9.18 Å². The van der Waals surface area contributed by atoms with Crippen LogP contribution >= 0.6 is 0 Å². The number of aromatic nitrogens is 2. The van der Waals surface area contributed by atoms with Crippen LogP contribution in [0.4, 0.5) is 20.6 Å². The predicted octanol–water partition coefficient (Wildman–Crippen LogP) is 4.05. The number of rotatable bonds is 4. The number of anilines is 2. The first-order valence-electron chi connectivity index (χ1n) is 10.0. The van der Waals surface area contributed by atoms with Gasteiger partial charge in [-0.1, -0.05) is 24.3 Å². The van der Waals surface area contributed by atoms with Crippen molar-refractivity contribution in [2.45, 2.75) is 32.1 Å². The minimum absolute atomic E-state index is 0.110. The van der Waals surface area contributed by atoms with Crippen LogP contribution < -0.4 is 15.8 Å². The Bertz CT molecular complexity index is 1130. The number of fused-ring (bicyclic) bond motifs is 1. The largest absolute Gasteiger partial charge is 0.326 e. The van der Waals surface area contributed by atoms with E-state index in [0.29, 0.717) is 12.1 Å². The maximum Gasteiger partial charge on any atom is 0.326 e. The molecule has 3 aromatic rings. The smallest absolute Gasteiger partial charge is 0.305 e. The Morgan fingerprint density at radius 2 is 1.87 bits per heavy atom. The number of para-hydroxylation sites is 1. The van der Waals surface area contributed by atoms with Crippen LogP contribution in [0.3, 0.4) is 0 Å². The number of aromatic amines is 1. The molecule has 1 aromatic heterocycles. The fourth-order valence-electron chi connectivity index (χ4n) is 3.81. The van der Waals surface area contributed by atoms with E-state index in [0.717, 1.165) is 48.1 Å². The van der Waals surface area contributed by atoms with E-state index in [4.69, 9.17) is 0 Å². The number of nitrogens with zero attached hydrogens (tertiary/aromatic N) is 2. The molecule has 7 heteroatoms. The molecule has 1 heterocycles. The molecule has 0 fully saturated rings. The number of benzene rings is 2. The van der Waals surface area contributed by atoms with Gasteiger partial charge in [0.05, 0.1) is 11.4 Å². The summed E-state index contributed by atoms with van der Waals surface area (Å²) in [5.74, 6) is -0.509. The summed E-state index contributed by atoms with van der Waals surface area (Å²) < 4.78 is 14.4. The molecule has 1 aliphatic carbocycles. The Morgan fingerprint density at radius 1 is 1.13 bits per heavy atom. The molecule has 6 nitrogen and oxygen atoms in total. The van der Waals surface area contributed by atoms with Gasteiger partial charge < -0.3 is 5.32 Å². The third kappa shape index (κ3) is 4.10. The van der Waals surface area contributed by atoms with Crippen LogP contribution in [0.1, 0.15) is 35.2 Å². The summed E-state index contributed by atoms with van der Waals surface area (Å²) in [6.07, 6.45) is 4.07. The highest BCUT2D eigenvalue weighted by molar-refractivity contribution is 6.01. The van der Waals surface area contributed by atoms with Gasteiger partial charge in [-0.2, -0.15) is 5.10 Å². The molecule has 154 valence electrons. The normalized spacial score (nSPS) is 12.9. The lowest BCUT2D eigenvalue weighted by molar-refractivity contribution is 0.258. The number of hydrogen-bond acceptors (Lipinski definition) is 3. The van der Waals surface area contributed by atoms with Crippen LogP contribution in [0.25, 0.3) is 0 Å². The monoisotopic (exact) mass is 406 g/mol. The number of H-pyrrole nitrogens is 1. The van der Waals surface area contributed by atoms with Gasteiger partial charge in [-0.25, -0.2) is 14.3 Å². The van der Waals surface area contributed by atoms with Gasteiger partial charge in [-0.3, -0.25) is 9.69 Å². The molecule has 0 atom stereocenters. The molecule has 0 radical (unpaired) electrons. The van der Waals surface area contributed by atoms with Gasteiger partial charge in [-0.05, 0) is 61.1 Å². The van der Waals surface area contributed by atoms with E-state index in [1.165, 1.54) is 11.0 Å². The molecule has 0 aliphatic heterocycles. The third-order valence-corrected chi connectivity index (χ3v) is 5.47. The van der Waals surface area contributed by atoms with Crippen molar-refractivity contribution in [3.05, 3.63) is 87.1 Å². The molecule has 0 spiro atoms. The van der Waals surface area contributed by atoms with Crippen molar-refractivity contribution >= 4 is 17.4 Å². The lowest BCUT2D eigenvalue weighted by Gasteiger charge is -2.19. The molecule has 0 saturated heterocycles. The molecular weight excluding hydrogens is 383 g/mol. The summed E-state index contributed by atoms with van der Waals surface area (Å²) in [6.45, 7) is 0. The second-order valence-corrected chi connectivity index (χ2v) is 7.48. The highest BCUT2D eigenvalue weighted by Crippen LogP contribution is 2.24. The molecule has 0 unspecified atom stereocenters. The molecule has 2 aromatic carbocycles. The first kappa shape index (κ1) is 19.8. The Kier molecular flexibility index (Phi) is 5.61. The second kappa shape index (κ2) is 8.49. The molecular formula is C23H23FN4O2. The minimum Gasteiger partial charge on any atom is -0.305 e. The Hall–Kier alpha value is -3.48. The zero-order chi connectivity index (χ0) is 21.1. The number of amides is 2. The first-order valence-corrected chi connectivity index (χ1v) is 10.0. The molecule has 4 rings (SSSR count). The van der Waals surface area contributed by atoms with Gasteiger partial charge >= 0.3 is 6.03 Å². The van der Waals surface area contributed by atoms with Gasteiger partial charge in [0.25, 0.3) is 5.56 Å². The number of carbonyl (C=O) groups is 1. The van der Waals surface area contributed by atoms with E-state index in [1.54, 1.807) is 31.3 Å². The summed E-state index contributed by atoms with van der Waals surface area (Å²) in [7, 11) is 1.63. The number of hydrogen-bond donors (Lipinski definition) is 2. The van der Waals surface area contributed by atoms with E-state index in [2.05, 4.69) is 15.5 Å². The summed E-state index contributed by atoms with van der Waals surface area (Å²) in [4.78, 5) is 26.0. The van der Waals surface area contributed by atoms with Gasteiger partial charge in [0, 0.05) is 24.7 Å². The standard InChI is InChI=1S/C23H23FN4O2/c1-28(16-7-3-2-4-8-16)23(30)25-21-14-15(11-12-19(21)24)13-20-17-9-5-6-10-18(17)22(29)27-26-20/h2-4,7-8,11-12,14H,5-6,9-10,13H2,1H3,(H,25,30)(H,27,29). The van der Waals surface area contributed by atoms with Gasteiger partial charge in [0.1, 0.15) is 5.82 Å². The van der Waals surface area contributed by atoms with Crippen molar-refractivity contribution in [1.82, 2.24) is 10.2 Å². The fourth-order valence-corrected chi connectivity index (χ4v) is 3.81. The van der Waals surface area contributed by atoms with E-state index in [1.807, 2.05) is 18.2 Å². The van der Waals surface area contributed by atoms with Crippen LogP contribution in [-0.2, 0) is 19.3 Å². The predicted molar refractivity (Wildman–Crippen MR) is 115 cm³/mol. The maximum atomic E-state index is 14.4. The minimum atomic E-state index is -0.509. The van der Waals surface area contributed by atoms with E-state index in [9.17, 15) is 14.0 Å². The van der Waals surface area contributed by atoms with Crippen LogP contribution in [0.15, 0.2) is 53.3 Å². The summed E-state index contributed by atoms with van der Waals surface area (Å²) in [6, 6.07) is 13.3. The van der Waals surface area contributed by atoms with E-state index < -0.39 is 11.8 Å². The summed E-state index contributed by atoms with van der Waals surface area (Å²) in [5, 5.41) is 9.46. The quantitative estimate of drug-likeness (QED) is 0.686. The lowest BCUT2D eigenvalue weighted by Crippen LogP contribution is -2.31. The Balaban J connectivity index is 1.56. The number of urea groups is 1. The van der Waals surface area contributed by atoms with Crippen LogP contribution in [0.5, 0.6) is 0 Å². The maximum absolute atomic E-state index is 14.4. The Labute approximate surface area is 173 Å². The molecule has 30 heavy (non-hydrogen) atoms. The molecule has 2 N–H and O–H groups in total. The van der Waals surface area contributed by atoms with Crippen LogP contribution in [0, 0.1) is 5.82 Å². The average Bonchev–Trinajstić information content (AvgIpc) is 2.78. The van der Waals surface area contributed by atoms with Crippen molar-refractivity contribution in [1.29, 1.82) is 0 Å². The number of nitrogens with one attached hydrogen (secondary N) is 2. The van der Waals surface area contributed by atoms with Gasteiger partial charge in [0.2, 0.25) is 0 Å². The summed E-state index contributed by atoms with van der Waals surface area (Å²) >= 11 is 0. The average molecular weight is 406 g/mol. The lowest BCUT2D eigenvalue weighted by atomic mass is 9.90. The van der Waals surface area contributed by atoms with Crippen molar-refractivity contribution in [3.63, 3.8) is 0 Å². The van der Waals surface area contributed by atoms with Gasteiger partial charge in [0.15, 0.2) is 0 Å². The Morgan fingerprint density at radius 3 is 2.63 bits per heavy atom. The van der Waals surface area contributed by atoms with Crippen molar-refractivity contribution in [2.75, 3.05) is 17.3 Å². The highest BCUT2D eigenvalue weighted by Gasteiger charge is 2.19. The highest BCUT2D eigenvalue weighted by atomic mass is 19.1. The fraction of sp³-hybridized carbons (Fsp3) is 0.261. The molecule has 2 amide bonds. The second-order valence-electron chi connectivity index (χ2n) is 7.48. The van der Waals surface area contributed by atoms with Crippen LogP contribution in [-0.4, -0.2) is 23.3 Å². The third-order valence-electron chi connectivity index (χ3n) is 5.47. The van der Waals surface area contributed by atoms with E-state index >= 15 is 0 Å². The zero-order valence-electron chi connectivity index (χ0n) is 16.7. The molecule has 0 saturated carbocycles. The number of halogens is 1.